The standard InChI is InChI=1S/C23H21FN2O5S/c1-16-11-12-18(24)14-21(16)25-22(27)15-31-23(28)17-7-6-10-20(13-17)32(29,30)26(2)19-8-4-3-5-9-19/h3-14H,15H2,1-2H3,(H,25,27). The highest BCUT2D eigenvalue weighted by Gasteiger charge is 2.23. The van der Waals surface area contributed by atoms with Gasteiger partial charge < -0.3 is 10.1 Å². The molecule has 7 nitrogen and oxygen atoms in total. The normalized spacial score (nSPS) is 11.0. The molecule has 0 saturated heterocycles. The van der Waals surface area contributed by atoms with Gasteiger partial charge in [0, 0.05) is 12.7 Å². The summed E-state index contributed by atoms with van der Waals surface area (Å²) < 4.78 is 45.3. The minimum atomic E-state index is -3.92. The molecule has 1 N–H and O–H groups in total. The molecule has 0 atom stereocenters. The van der Waals surface area contributed by atoms with E-state index in [0.29, 0.717) is 11.3 Å². The minimum Gasteiger partial charge on any atom is -0.452 e. The first-order valence-electron chi connectivity index (χ1n) is 9.55. The Balaban J connectivity index is 1.68. The van der Waals surface area contributed by atoms with Crippen LogP contribution in [0.25, 0.3) is 0 Å². The van der Waals surface area contributed by atoms with Gasteiger partial charge in [0.2, 0.25) is 0 Å². The van der Waals surface area contributed by atoms with Crippen molar-refractivity contribution in [2.24, 2.45) is 0 Å². The molecule has 32 heavy (non-hydrogen) atoms. The Morgan fingerprint density at radius 3 is 2.44 bits per heavy atom. The molecule has 3 aromatic rings. The number of aryl methyl sites for hydroxylation is 1. The summed E-state index contributed by atoms with van der Waals surface area (Å²) in [5.41, 5.74) is 1.35. The number of halogens is 1. The molecule has 0 heterocycles. The fourth-order valence-corrected chi connectivity index (χ4v) is 4.09. The van der Waals surface area contributed by atoms with E-state index in [2.05, 4.69) is 5.32 Å². The van der Waals surface area contributed by atoms with Crippen LogP contribution in [0.2, 0.25) is 0 Å². The van der Waals surface area contributed by atoms with Gasteiger partial charge in [-0.3, -0.25) is 9.10 Å². The molecule has 0 aromatic heterocycles. The van der Waals surface area contributed by atoms with Crippen molar-refractivity contribution in [1.82, 2.24) is 0 Å². The number of hydrogen-bond acceptors (Lipinski definition) is 5. The molecule has 0 radical (unpaired) electrons. The zero-order chi connectivity index (χ0) is 23.3. The van der Waals surface area contributed by atoms with E-state index >= 15 is 0 Å². The van der Waals surface area contributed by atoms with Gasteiger partial charge in [-0.1, -0.05) is 30.3 Å². The number of carbonyl (C=O) groups is 2. The van der Waals surface area contributed by atoms with Crippen molar-refractivity contribution in [1.29, 1.82) is 0 Å². The summed E-state index contributed by atoms with van der Waals surface area (Å²) in [4.78, 5) is 24.3. The molecule has 0 aliphatic heterocycles. The second-order valence-corrected chi connectivity index (χ2v) is 8.89. The van der Waals surface area contributed by atoms with E-state index in [0.717, 1.165) is 10.4 Å². The highest BCUT2D eigenvalue weighted by atomic mass is 32.2. The summed E-state index contributed by atoms with van der Waals surface area (Å²) in [5.74, 6) is -2.03. The van der Waals surface area contributed by atoms with E-state index in [1.54, 1.807) is 37.3 Å². The summed E-state index contributed by atoms with van der Waals surface area (Å²) in [5, 5.41) is 2.47. The second-order valence-electron chi connectivity index (χ2n) is 6.92. The van der Waals surface area contributed by atoms with E-state index < -0.39 is 34.3 Å². The van der Waals surface area contributed by atoms with Crippen LogP contribution in [0, 0.1) is 12.7 Å². The zero-order valence-corrected chi connectivity index (χ0v) is 18.2. The summed E-state index contributed by atoms with van der Waals surface area (Å²) in [7, 11) is -2.51. The number of anilines is 2. The van der Waals surface area contributed by atoms with Gasteiger partial charge in [0.15, 0.2) is 6.61 Å². The molecule has 0 aliphatic carbocycles. The summed E-state index contributed by atoms with van der Waals surface area (Å²) in [6.07, 6.45) is 0. The number of para-hydroxylation sites is 1. The van der Waals surface area contributed by atoms with E-state index in [1.807, 2.05) is 0 Å². The van der Waals surface area contributed by atoms with Crippen molar-refractivity contribution in [3.05, 3.63) is 89.7 Å². The van der Waals surface area contributed by atoms with Gasteiger partial charge in [0.25, 0.3) is 15.9 Å². The third-order valence-corrected chi connectivity index (χ3v) is 6.44. The number of benzene rings is 3. The molecule has 0 fully saturated rings. The molecule has 166 valence electrons. The highest BCUT2D eigenvalue weighted by molar-refractivity contribution is 7.92. The number of nitrogens with zero attached hydrogens (tertiary/aromatic N) is 1. The average Bonchev–Trinajstić information content (AvgIpc) is 2.80. The van der Waals surface area contributed by atoms with Crippen molar-refractivity contribution < 1.29 is 27.1 Å². The van der Waals surface area contributed by atoms with Gasteiger partial charge in [-0.2, -0.15) is 0 Å². The Morgan fingerprint density at radius 1 is 1.00 bits per heavy atom. The predicted molar refractivity (Wildman–Crippen MR) is 119 cm³/mol. The quantitative estimate of drug-likeness (QED) is 0.547. The Morgan fingerprint density at radius 2 is 1.72 bits per heavy atom. The van der Waals surface area contributed by atoms with Crippen LogP contribution in [0.4, 0.5) is 15.8 Å². The maximum atomic E-state index is 13.3. The first-order chi connectivity index (χ1) is 15.2. The van der Waals surface area contributed by atoms with Crippen molar-refractivity contribution in [2.45, 2.75) is 11.8 Å². The van der Waals surface area contributed by atoms with Crippen LogP contribution in [-0.2, 0) is 19.6 Å². The van der Waals surface area contributed by atoms with Gasteiger partial charge in [-0.15, -0.1) is 0 Å². The minimum absolute atomic E-state index is 0.0257. The van der Waals surface area contributed by atoms with Crippen LogP contribution in [0.1, 0.15) is 15.9 Å². The zero-order valence-electron chi connectivity index (χ0n) is 17.4. The topological polar surface area (TPSA) is 92.8 Å². The molecule has 0 spiro atoms. The first kappa shape index (κ1) is 23.0. The highest BCUT2D eigenvalue weighted by Crippen LogP contribution is 2.22. The molecule has 3 aromatic carbocycles. The van der Waals surface area contributed by atoms with Crippen LogP contribution in [-0.4, -0.2) is 33.9 Å². The van der Waals surface area contributed by atoms with E-state index in [-0.39, 0.29) is 16.1 Å². The monoisotopic (exact) mass is 456 g/mol. The number of esters is 1. The lowest BCUT2D eigenvalue weighted by Gasteiger charge is -2.19. The molecule has 9 heteroatoms. The maximum absolute atomic E-state index is 13.3. The first-order valence-corrected chi connectivity index (χ1v) is 11.0. The lowest BCUT2D eigenvalue weighted by molar-refractivity contribution is -0.119. The molecule has 0 unspecified atom stereocenters. The maximum Gasteiger partial charge on any atom is 0.338 e. The van der Waals surface area contributed by atoms with Gasteiger partial charge in [-0.05, 0) is 55.0 Å². The number of carbonyl (C=O) groups excluding carboxylic acids is 2. The van der Waals surface area contributed by atoms with Crippen molar-refractivity contribution in [3.8, 4) is 0 Å². The molecule has 0 bridgehead atoms. The van der Waals surface area contributed by atoms with E-state index in [4.69, 9.17) is 4.74 Å². The molecule has 0 saturated carbocycles. The third kappa shape index (κ3) is 5.30. The Bertz CT molecular complexity index is 1250. The van der Waals surface area contributed by atoms with Crippen LogP contribution in [0.15, 0.2) is 77.7 Å². The smallest absolute Gasteiger partial charge is 0.338 e. The third-order valence-electron chi connectivity index (χ3n) is 4.66. The number of rotatable bonds is 7. The Kier molecular flexibility index (Phi) is 6.89. The lowest BCUT2D eigenvalue weighted by atomic mass is 10.2. The van der Waals surface area contributed by atoms with E-state index in [9.17, 15) is 22.4 Å². The van der Waals surface area contributed by atoms with E-state index in [1.165, 1.54) is 43.4 Å². The second kappa shape index (κ2) is 9.61. The van der Waals surface area contributed by atoms with Gasteiger partial charge in [0.1, 0.15) is 5.82 Å². The van der Waals surface area contributed by atoms with Crippen LogP contribution < -0.4 is 9.62 Å². The fraction of sp³-hybridized carbons (Fsp3) is 0.130. The van der Waals surface area contributed by atoms with Crippen molar-refractivity contribution in [3.63, 3.8) is 0 Å². The number of amides is 1. The largest absolute Gasteiger partial charge is 0.452 e. The number of nitrogens with one attached hydrogen (secondary N) is 1. The van der Waals surface area contributed by atoms with Crippen LogP contribution >= 0.6 is 0 Å². The molecule has 0 aliphatic rings. The average molecular weight is 456 g/mol. The summed E-state index contributed by atoms with van der Waals surface area (Å²) >= 11 is 0. The van der Waals surface area contributed by atoms with Crippen LogP contribution in [0.3, 0.4) is 0 Å². The number of sulfonamides is 1. The Labute approximate surface area is 185 Å². The summed E-state index contributed by atoms with van der Waals surface area (Å²) in [6, 6.07) is 17.8. The van der Waals surface area contributed by atoms with Gasteiger partial charge in [-0.25, -0.2) is 17.6 Å². The Hall–Kier alpha value is -3.72. The molecular weight excluding hydrogens is 435 g/mol. The van der Waals surface area contributed by atoms with Crippen molar-refractivity contribution >= 4 is 33.3 Å². The van der Waals surface area contributed by atoms with Crippen molar-refractivity contribution in [2.75, 3.05) is 23.3 Å². The fourth-order valence-electron chi connectivity index (χ4n) is 2.85. The van der Waals surface area contributed by atoms with Gasteiger partial charge in [0.05, 0.1) is 16.1 Å². The molecular formula is C23H21FN2O5S. The molecule has 3 rings (SSSR count). The summed E-state index contributed by atoms with van der Waals surface area (Å²) in [6.45, 7) is 1.08. The molecule has 1 amide bonds. The predicted octanol–water partition coefficient (Wildman–Crippen LogP) is 3.75. The van der Waals surface area contributed by atoms with Gasteiger partial charge >= 0.3 is 5.97 Å². The SMILES string of the molecule is Cc1ccc(F)cc1NC(=O)COC(=O)c1cccc(S(=O)(=O)N(C)c2ccccc2)c1. The number of ether oxygens (including phenoxy) is 1. The van der Waals surface area contributed by atoms with Crippen LogP contribution in [0.5, 0.6) is 0 Å². The lowest BCUT2D eigenvalue weighted by Crippen LogP contribution is -2.26. The number of hydrogen-bond donors (Lipinski definition) is 1.